The molecule has 2 unspecified atom stereocenters. The summed E-state index contributed by atoms with van der Waals surface area (Å²) >= 11 is 0. The first-order chi connectivity index (χ1) is 8.25. The van der Waals surface area contributed by atoms with E-state index in [0.29, 0.717) is 12.5 Å². The molecule has 2 rings (SSSR count). The van der Waals surface area contributed by atoms with E-state index >= 15 is 0 Å². The Labute approximate surface area is 116 Å². The Kier molecular flexibility index (Phi) is 6.97. The van der Waals surface area contributed by atoms with Crippen molar-refractivity contribution in [3.63, 3.8) is 0 Å². The summed E-state index contributed by atoms with van der Waals surface area (Å²) in [6.45, 7) is 2.50. The Morgan fingerprint density at radius 2 is 2.11 bits per heavy atom. The van der Waals surface area contributed by atoms with E-state index in [2.05, 4.69) is 0 Å². The van der Waals surface area contributed by atoms with Crippen LogP contribution in [0.25, 0.3) is 0 Å². The van der Waals surface area contributed by atoms with Gasteiger partial charge in [-0.05, 0) is 38.5 Å². The fourth-order valence-corrected chi connectivity index (χ4v) is 2.71. The van der Waals surface area contributed by atoms with Gasteiger partial charge in [0.2, 0.25) is 5.91 Å². The highest BCUT2D eigenvalue weighted by Crippen LogP contribution is 2.18. The number of likely N-dealkylation sites (tertiary alicyclic amines) is 1. The van der Waals surface area contributed by atoms with Crippen LogP contribution in [-0.2, 0) is 9.53 Å². The molecule has 2 atom stereocenters. The maximum atomic E-state index is 12.0. The molecule has 2 N–H and O–H groups in total. The number of nitrogens with two attached hydrogens (primary N) is 1. The van der Waals surface area contributed by atoms with Crippen molar-refractivity contribution in [1.29, 1.82) is 0 Å². The summed E-state index contributed by atoms with van der Waals surface area (Å²) < 4.78 is 5.64. The second-order valence-electron chi connectivity index (χ2n) is 5.27. The third-order valence-electron chi connectivity index (χ3n) is 3.76. The summed E-state index contributed by atoms with van der Waals surface area (Å²) in [6, 6.07) is 0.179. The van der Waals surface area contributed by atoms with Gasteiger partial charge in [0.25, 0.3) is 0 Å². The van der Waals surface area contributed by atoms with Gasteiger partial charge in [-0.3, -0.25) is 4.79 Å². The maximum absolute atomic E-state index is 12.0. The number of ether oxygens (including phenoxy) is 1. The summed E-state index contributed by atoms with van der Waals surface area (Å²) in [6.07, 6.45) is 7.45. The second kappa shape index (κ2) is 7.97. The van der Waals surface area contributed by atoms with Crippen LogP contribution >= 0.6 is 12.4 Å². The lowest BCUT2D eigenvalue weighted by atomic mass is 10.0. The molecule has 1 amide bonds. The number of carbonyl (C=O) groups is 1. The lowest BCUT2D eigenvalue weighted by molar-refractivity contribution is -0.133. The molecule has 106 valence electrons. The zero-order valence-corrected chi connectivity index (χ0v) is 11.8. The van der Waals surface area contributed by atoms with Crippen LogP contribution in [0.5, 0.6) is 0 Å². The van der Waals surface area contributed by atoms with E-state index < -0.39 is 0 Å². The lowest BCUT2D eigenvalue weighted by Crippen LogP contribution is -2.45. The average Bonchev–Trinajstić information content (AvgIpc) is 2.37. The van der Waals surface area contributed by atoms with Crippen LogP contribution in [0.3, 0.4) is 0 Å². The van der Waals surface area contributed by atoms with Crippen LogP contribution in [0.4, 0.5) is 0 Å². The van der Waals surface area contributed by atoms with E-state index in [1.807, 2.05) is 4.90 Å². The third-order valence-corrected chi connectivity index (χ3v) is 3.76. The van der Waals surface area contributed by atoms with Crippen LogP contribution in [0.1, 0.15) is 44.9 Å². The van der Waals surface area contributed by atoms with Gasteiger partial charge in [-0.25, -0.2) is 0 Å². The Morgan fingerprint density at radius 3 is 2.78 bits per heavy atom. The molecule has 0 aliphatic carbocycles. The molecule has 2 heterocycles. The Balaban J connectivity index is 0.00000162. The third kappa shape index (κ3) is 4.75. The quantitative estimate of drug-likeness (QED) is 0.854. The molecule has 2 saturated heterocycles. The zero-order chi connectivity index (χ0) is 12.1. The molecule has 0 aromatic rings. The van der Waals surface area contributed by atoms with Crippen LogP contribution in [-0.4, -0.2) is 42.6 Å². The van der Waals surface area contributed by atoms with Crippen molar-refractivity contribution in [3.05, 3.63) is 0 Å². The largest absolute Gasteiger partial charge is 0.378 e. The van der Waals surface area contributed by atoms with Crippen molar-refractivity contribution >= 4 is 18.3 Å². The second-order valence-corrected chi connectivity index (χ2v) is 5.27. The Bertz CT molecular complexity index is 257. The predicted octanol–water partition coefficient (Wildman–Crippen LogP) is 1.71. The maximum Gasteiger partial charge on any atom is 0.222 e. The summed E-state index contributed by atoms with van der Waals surface area (Å²) in [5, 5.41) is 0. The lowest BCUT2D eigenvalue weighted by Gasteiger charge is -2.31. The summed E-state index contributed by atoms with van der Waals surface area (Å²) in [5.41, 5.74) is 5.88. The molecule has 5 heteroatoms. The van der Waals surface area contributed by atoms with Gasteiger partial charge in [0.05, 0.1) is 6.10 Å². The SMILES string of the molecule is Cl.NC1CCCN(C(=O)CCC2CCCCO2)C1. The molecule has 0 aromatic carbocycles. The van der Waals surface area contributed by atoms with E-state index in [4.69, 9.17) is 10.5 Å². The van der Waals surface area contributed by atoms with E-state index in [1.165, 1.54) is 12.8 Å². The van der Waals surface area contributed by atoms with E-state index in [0.717, 1.165) is 45.4 Å². The van der Waals surface area contributed by atoms with Crippen LogP contribution < -0.4 is 5.73 Å². The van der Waals surface area contributed by atoms with Crippen molar-refractivity contribution in [2.45, 2.75) is 57.1 Å². The topological polar surface area (TPSA) is 55.6 Å². The first kappa shape index (κ1) is 15.7. The summed E-state index contributed by atoms with van der Waals surface area (Å²) in [7, 11) is 0. The van der Waals surface area contributed by atoms with E-state index in [1.54, 1.807) is 0 Å². The monoisotopic (exact) mass is 276 g/mol. The molecular formula is C13H25ClN2O2. The molecule has 0 radical (unpaired) electrons. The van der Waals surface area contributed by atoms with Gasteiger partial charge in [-0.2, -0.15) is 0 Å². The standard InChI is InChI=1S/C13H24N2O2.ClH/c14-11-4-3-8-15(10-11)13(16)7-6-12-5-1-2-9-17-12;/h11-12H,1-10,14H2;1H. The van der Waals surface area contributed by atoms with E-state index in [-0.39, 0.29) is 24.4 Å². The molecule has 2 aliphatic heterocycles. The van der Waals surface area contributed by atoms with Crippen LogP contribution in [0.15, 0.2) is 0 Å². The fourth-order valence-electron chi connectivity index (χ4n) is 2.71. The number of hydrogen-bond acceptors (Lipinski definition) is 3. The number of carbonyl (C=O) groups excluding carboxylic acids is 1. The Hall–Kier alpha value is -0.320. The van der Waals surface area contributed by atoms with Crippen molar-refractivity contribution < 1.29 is 9.53 Å². The van der Waals surface area contributed by atoms with Crippen LogP contribution in [0, 0.1) is 0 Å². The summed E-state index contributed by atoms with van der Waals surface area (Å²) in [4.78, 5) is 13.9. The zero-order valence-electron chi connectivity index (χ0n) is 11.0. The molecule has 2 fully saturated rings. The number of nitrogens with zero attached hydrogens (tertiary/aromatic N) is 1. The molecule has 4 nitrogen and oxygen atoms in total. The predicted molar refractivity (Wildman–Crippen MR) is 73.9 cm³/mol. The molecular weight excluding hydrogens is 252 g/mol. The highest BCUT2D eigenvalue weighted by atomic mass is 35.5. The van der Waals surface area contributed by atoms with Gasteiger partial charge >= 0.3 is 0 Å². The van der Waals surface area contributed by atoms with Gasteiger partial charge in [-0.15, -0.1) is 12.4 Å². The van der Waals surface area contributed by atoms with Crippen molar-refractivity contribution in [1.82, 2.24) is 4.90 Å². The fraction of sp³-hybridized carbons (Fsp3) is 0.923. The normalized spacial score (nSPS) is 28.6. The Morgan fingerprint density at radius 1 is 1.28 bits per heavy atom. The number of hydrogen-bond donors (Lipinski definition) is 1. The summed E-state index contributed by atoms with van der Waals surface area (Å²) in [5.74, 6) is 0.259. The smallest absolute Gasteiger partial charge is 0.222 e. The van der Waals surface area contributed by atoms with Crippen molar-refractivity contribution in [2.75, 3.05) is 19.7 Å². The van der Waals surface area contributed by atoms with Gasteiger partial charge < -0.3 is 15.4 Å². The minimum absolute atomic E-state index is 0. The van der Waals surface area contributed by atoms with Crippen molar-refractivity contribution in [2.24, 2.45) is 5.73 Å². The minimum Gasteiger partial charge on any atom is -0.378 e. The average molecular weight is 277 g/mol. The molecule has 0 spiro atoms. The molecule has 0 aromatic heterocycles. The van der Waals surface area contributed by atoms with E-state index in [9.17, 15) is 4.79 Å². The first-order valence-corrected chi connectivity index (χ1v) is 6.90. The number of piperidine rings is 1. The highest BCUT2D eigenvalue weighted by Gasteiger charge is 2.22. The van der Waals surface area contributed by atoms with Gasteiger partial charge in [0.1, 0.15) is 0 Å². The van der Waals surface area contributed by atoms with Gasteiger partial charge in [0, 0.05) is 32.2 Å². The number of rotatable bonds is 3. The number of amides is 1. The molecule has 0 saturated carbocycles. The highest BCUT2D eigenvalue weighted by molar-refractivity contribution is 5.85. The van der Waals surface area contributed by atoms with Gasteiger partial charge in [0.15, 0.2) is 0 Å². The van der Waals surface area contributed by atoms with Gasteiger partial charge in [-0.1, -0.05) is 0 Å². The first-order valence-electron chi connectivity index (χ1n) is 6.90. The minimum atomic E-state index is 0. The number of halogens is 1. The molecule has 18 heavy (non-hydrogen) atoms. The molecule has 2 aliphatic rings. The van der Waals surface area contributed by atoms with Crippen LogP contribution in [0.2, 0.25) is 0 Å². The van der Waals surface area contributed by atoms with Crippen molar-refractivity contribution in [3.8, 4) is 0 Å². The molecule has 0 bridgehead atoms.